The van der Waals surface area contributed by atoms with Crippen molar-refractivity contribution >= 4 is 56.9 Å². The van der Waals surface area contributed by atoms with Gasteiger partial charge in [0.1, 0.15) is 4.88 Å². The molecule has 5 rings (SSSR count). The van der Waals surface area contributed by atoms with Crippen LogP contribution in [0.15, 0.2) is 69.9 Å². The summed E-state index contributed by atoms with van der Waals surface area (Å²) in [7, 11) is 0. The fraction of sp³-hybridized carbons (Fsp3) is 0.115. The van der Waals surface area contributed by atoms with Crippen molar-refractivity contribution in [3.05, 3.63) is 87.3 Å². The van der Waals surface area contributed by atoms with Crippen LogP contribution in [0.2, 0.25) is 5.02 Å². The number of cyclic esters (lactones) is 1. The summed E-state index contributed by atoms with van der Waals surface area (Å²) in [5.41, 5.74) is 1.79. The Labute approximate surface area is 209 Å². The first-order valence-electron chi connectivity index (χ1n) is 10.7. The van der Waals surface area contributed by atoms with E-state index in [1.165, 1.54) is 17.6 Å². The van der Waals surface area contributed by atoms with Gasteiger partial charge in [0.25, 0.3) is 5.90 Å². The third-order valence-electron chi connectivity index (χ3n) is 5.10. The molecule has 2 aromatic heterocycles. The molecule has 176 valence electrons. The fourth-order valence-corrected chi connectivity index (χ4v) is 4.97. The van der Waals surface area contributed by atoms with Crippen molar-refractivity contribution < 1.29 is 28.2 Å². The number of hydrogen-bond acceptors (Lipinski definition) is 8. The molecule has 7 nitrogen and oxygen atoms in total. The van der Waals surface area contributed by atoms with Crippen LogP contribution in [0.3, 0.4) is 0 Å². The number of ether oxygens (including phenoxy) is 3. The maximum absolute atomic E-state index is 12.9. The van der Waals surface area contributed by atoms with Gasteiger partial charge in [-0.2, -0.15) is 0 Å². The van der Waals surface area contributed by atoms with Gasteiger partial charge in [0.05, 0.1) is 17.9 Å². The van der Waals surface area contributed by atoms with Crippen LogP contribution in [0.5, 0.6) is 11.5 Å². The molecule has 0 radical (unpaired) electrons. The minimum absolute atomic E-state index is 0.0947. The van der Waals surface area contributed by atoms with Gasteiger partial charge in [0.2, 0.25) is 0 Å². The van der Waals surface area contributed by atoms with Crippen LogP contribution in [0.4, 0.5) is 0 Å². The number of rotatable bonds is 6. The third kappa shape index (κ3) is 4.58. The Balaban J connectivity index is 1.42. The Morgan fingerprint density at radius 2 is 2.03 bits per heavy atom. The molecule has 0 atom stereocenters. The maximum atomic E-state index is 12.9. The molecule has 4 aromatic rings. The number of benzene rings is 2. The number of aliphatic imine (C=N–C) groups is 1. The lowest BCUT2D eigenvalue weighted by Gasteiger charge is -2.11. The Kier molecular flexibility index (Phi) is 6.15. The summed E-state index contributed by atoms with van der Waals surface area (Å²) in [6.45, 7) is 4.14. The normalized spacial score (nSPS) is 14.3. The average Bonchev–Trinajstić information content (AvgIpc) is 3.56. The standard InChI is InChI=1S/C26H18ClNO6S/c1-3-31-20-13-15(12-17-25(29)34-24(28-17)19-5-4-10-32-19)7-9-18(20)33-26(30)23-22(27)16-8-6-14(2)11-21(16)35-23/h4-13H,3H2,1-2H3/b17-12+. The number of furan rings is 1. The molecule has 35 heavy (non-hydrogen) atoms. The molecule has 0 amide bonds. The highest BCUT2D eigenvalue weighted by atomic mass is 35.5. The molecule has 0 N–H and O–H groups in total. The summed E-state index contributed by atoms with van der Waals surface area (Å²) in [6, 6.07) is 14.1. The zero-order chi connectivity index (χ0) is 24.5. The molecule has 1 aliphatic rings. The first-order chi connectivity index (χ1) is 16.9. The lowest BCUT2D eigenvalue weighted by atomic mass is 10.1. The lowest BCUT2D eigenvalue weighted by molar-refractivity contribution is -0.130. The van der Waals surface area contributed by atoms with Crippen LogP contribution < -0.4 is 9.47 Å². The molecule has 0 saturated heterocycles. The van der Waals surface area contributed by atoms with E-state index in [2.05, 4.69) is 4.99 Å². The molecule has 0 unspecified atom stereocenters. The molecule has 0 spiro atoms. The van der Waals surface area contributed by atoms with Gasteiger partial charge in [0, 0.05) is 10.1 Å². The topological polar surface area (TPSA) is 87.3 Å². The van der Waals surface area contributed by atoms with Gasteiger partial charge < -0.3 is 18.6 Å². The Bertz CT molecular complexity index is 1520. The monoisotopic (exact) mass is 507 g/mol. The number of fused-ring (bicyclic) bond motifs is 1. The molecule has 1 aliphatic heterocycles. The van der Waals surface area contributed by atoms with Crippen LogP contribution in [0, 0.1) is 6.92 Å². The SMILES string of the molecule is CCOc1cc(/C=C2/N=C(c3ccco3)OC2=O)ccc1OC(=O)c1sc2cc(C)ccc2c1Cl. The second-order valence-corrected chi connectivity index (χ2v) is 9.02. The number of carbonyl (C=O) groups excluding carboxylic acids is 2. The maximum Gasteiger partial charge on any atom is 0.363 e. The second-order valence-electron chi connectivity index (χ2n) is 7.59. The van der Waals surface area contributed by atoms with E-state index in [-0.39, 0.29) is 17.3 Å². The number of carbonyl (C=O) groups is 2. The molecule has 0 bridgehead atoms. The summed E-state index contributed by atoms with van der Waals surface area (Å²) in [5.74, 6) is -0.152. The van der Waals surface area contributed by atoms with Crippen molar-refractivity contribution in [3.8, 4) is 11.5 Å². The summed E-state index contributed by atoms with van der Waals surface area (Å²) in [6.07, 6.45) is 3.02. The zero-order valence-electron chi connectivity index (χ0n) is 18.7. The van der Waals surface area contributed by atoms with Gasteiger partial charge >= 0.3 is 11.9 Å². The quantitative estimate of drug-likeness (QED) is 0.170. The minimum atomic E-state index is -0.598. The molecular weight excluding hydrogens is 490 g/mol. The number of nitrogens with zero attached hydrogens (tertiary/aromatic N) is 1. The minimum Gasteiger partial charge on any atom is -0.490 e. The van der Waals surface area contributed by atoms with E-state index in [0.29, 0.717) is 33.6 Å². The largest absolute Gasteiger partial charge is 0.490 e. The van der Waals surface area contributed by atoms with E-state index >= 15 is 0 Å². The van der Waals surface area contributed by atoms with Gasteiger partial charge in [-0.1, -0.05) is 29.8 Å². The fourth-order valence-electron chi connectivity index (χ4n) is 3.49. The van der Waals surface area contributed by atoms with Gasteiger partial charge in [-0.05, 0) is 61.4 Å². The molecule has 0 aliphatic carbocycles. The third-order valence-corrected chi connectivity index (χ3v) is 6.73. The van der Waals surface area contributed by atoms with Crippen molar-refractivity contribution in [2.75, 3.05) is 6.61 Å². The smallest absolute Gasteiger partial charge is 0.363 e. The highest BCUT2D eigenvalue weighted by Gasteiger charge is 2.26. The molecule has 0 saturated carbocycles. The molecule has 0 fully saturated rings. The van der Waals surface area contributed by atoms with E-state index in [0.717, 1.165) is 15.6 Å². The number of thiophene rings is 1. The number of esters is 2. The molecule has 2 aromatic carbocycles. The molecular formula is C26H18ClNO6S. The van der Waals surface area contributed by atoms with Crippen molar-refractivity contribution in [2.24, 2.45) is 4.99 Å². The summed E-state index contributed by atoms with van der Waals surface area (Å²) >= 11 is 7.74. The highest BCUT2D eigenvalue weighted by molar-refractivity contribution is 7.21. The van der Waals surface area contributed by atoms with E-state index in [1.807, 2.05) is 32.0 Å². The Morgan fingerprint density at radius 1 is 1.17 bits per heavy atom. The first kappa shape index (κ1) is 22.9. The van der Waals surface area contributed by atoms with Gasteiger partial charge in [-0.3, -0.25) is 0 Å². The molecule has 9 heteroatoms. The Morgan fingerprint density at radius 3 is 2.80 bits per heavy atom. The van der Waals surface area contributed by atoms with Crippen LogP contribution in [-0.4, -0.2) is 24.4 Å². The van der Waals surface area contributed by atoms with Gasteiger partial charge in [0.15, 0.2) is 23.0 Å². The molecule has 3 heterocycles. The van der Waals surface area contributed by atoms with Crippen molar-refractivity contribution in [2.45, 2.75) is 13.8 Å². The van der Waals surface area contributed by atoms with Crippen molar-refractivity contribution in [3.63, 3.8) is 0 Å². The number of hydrogen-bond donors (Lipinski definition) is 0. The van der Waals surface area contributed by atoms with Crippen LogP contribution >= 0.6 is 22.9 Å². The average molecular weight is 508 g/mol. The highest BCUT2D eigenvalue weighted by Crippen LogP contribution is 2.38. The predicted molar refractivity (Wildman–Crippen MR) is 133 cm³/mol. The summed E-state index contributed by atoms with van der Waals surface area (Å²) in [5, 5.41) is 1.17. The van der Waals surface area contributed by atoms with Crippen LogP contribution in [0.25, 0.3) is 16.2 Å². The van der Waals surface area contributed by atoms with Crippen molar-refractivity contribution in [1.82, 2.24) is 0 Å². The predicted octanol–water partition coefficient (Wildman–Crippen LogP) is 6.42. The first-order valence-corrected chi connectivity index (χ1v) is 11.9. The van der Waals surface area contributed by atoms with Crippen LogP contribution in [-0.2, 0) is 9.53 Å². The van der Waals surface area contributed by atoms with E-state index in [1.54, 1.807) is 36.4 Å². The summed E-state index contributed by atoms with van der Waals surface area (Å²) in [4.78, 5) is 29.7. The summed E-state index contributed by atoms with van der Waals surface area (Å²) < 4.78 is 22.6. The second kappa shape index (κ2) is 9.40. The zero-order valence-corrected chi connectivity index (χ0v) is 20.2. The number of halogens is 1. The lowest BCUT2D eigenvalue weighted by Crippen LogP contribution is -2.08. The Hall–Kier alpha value is -3.88. The van der Waals surface area contributed by atoms with E-state index in [9.17, 15) is 9.59 Å². The van der Waals surface area contributed by atoms with Gasteiger partial charge in [-0.25, -0.2) is 14.6 Å². The van der Waals surface area contributed by atoms with Crippen molar-refractivity contribution in [1.29, 1.82) is 0 Å². The van der Waals surface area contributed by atoms with Gasteiger partial charge in [-0.15, -0.1) is 11.3 Å². The number of aryl methyl sites for hydroxylation is 1. The van der Waals surface area contributed by atoms with E-state index in [4.69, 9.17) is 30.2 Å². The van der Waals surface area contributed by atoms with Crippen LogP contribution in [0.1, 0.15) is 33.5 Å². The van der Waals surface area contributed by atoms with E-state index < -0.39 is 11.9 Å².